The first kappa shape index (κ1) is 18.1. The van der Waals surface area contributed by atoms with Gasteiger partial charge in [-0.1, -0.05) is 18.2 Å². The molecule has 2 aliphatic carbocycles. The van der Waals surface area contributed by atoms with Gasteiger partial charge in [0.15, 0.2) is 5.82 Å². The SMILES string of the molecule is O=[N+]([O-])c1cccc(CNc2nc(-c3ccncc3)nc3sc4c(c23)C2=CCCC24)c1. The van der Waals surface area contributed by atoms with Crippen molar-refractivity contribution in [2.75, 3.05) is 5.32 Å². The van der Waals surface area contributed by atoms with Crippen molar-refractivity contribution in [3.63, 3.8) is 0 Å². The molecule has 0 fully saturated rings. The third-order valence-corrected chi connectivity index (χ3v) is 7.10. The van der Waals surface area contributed by atoms with Crippen molar-refractivity contribution in [3.05, 3.63) is 81.0 Å². The van der Waals surface area contributed by atoms with Gasteiger partial charge in [-0.05, 0) is 36.1 Å². The number of nitro benzene ring substituents is 1. The number of nitrogens with zero attached hydrogens (tertiary/aromatic N) is 4. The second-order valence-corrected chi connectivity index (χ2v) is 8.75. The lowest BCUT2D eigenvalue weighted by Gasteiger charge is -2.26. The zero-order valence-electron chi connectivity index (χ0n) is 16.4. The monoisotopic (exact) mass is 427 g/mol. The summed E-state index contributed by atoms with van der Waals surface area (Å²) in [5, 5.41) is 15.6. The lowest BCUT2D eigenvalue weighted by atomic mass is 9.80. The van der Waals surface area contributed by atoms with Crippen LogP contribution in [0.4, 0.5) is 11.5 Å². The normalized spacial score (nSPS) is 16.4. The molecule has 1 unspecified atom stereocenters. The molecule has 0 saturated carbocycles. The summed E-state index contributed by atoms with van der Waals surface area (Å²) in [5.41, 5.74) is 4.53. The third kappa shape index (κ3) is 2.90. The van der Waals surface area contributed by atoms with Crippen LogP contribution in [0.1, 0.15) is 34.8 Å². The van der Waals surface area contributed by atoms with Crippen molar-refractivity contribution in [3.8, 4) is 11.4 Å². The van der Waals surface area contributed by atoms with E-state index in [9.17, 15) is 10.1 Å². The topological polar surface area (TPSA) is 93.8 Å². The number of thiophene rings is 1. The molecule has 0 radical (unpaired) electrons. The smallest absolute Gasteiger partial charge is 0.269 e. The molecular formula is C23H17N5O2S. The highest BCUT2D eigenvalue weighted by atomic mass is 32.1. The first-order valence-corrected chi connectivity index (χ1v) is 10.9. The Morgan fingerprint density at radius 1 is 1.19 bits per heavy atom. The molecule has 1 aromatic carbocycles. The molecule has 3 aromatic heterocycles. The van der Waals surface area contributed by atoms with Crippen LogP contribution in [-0.4, -0.2) is 19.9 Å². The van der Waals surface area contributed by atoms with E-state index in [1.165, 1.54) is 28.5 Å². The maximum Gasteiger partial charge on any atom is 0.269 e. The van der Waals surface area contributed by atoms with Gasteiger partial charge in [0.2, 0.25) is 0 Å². The number of benzene rings is 1. The van der Waals surface area contributed by atoms with Gasteiger partial charge >= 0.3 is 0 Å². The summed E-state index contributed by atoms with van der Waals surface area (Å²) in [5.74, 6) is 1.96. The molecule has 4 aromatic rings. The molecule has 0 bridgehead atoms. The molecule has 2 aliphatic rings. The van der Waals surface area contributed by atoms with E-state index in [1.54, 1.807) is 35.9 Å². The molecular weight excluding hydrogens is 410 g/mol. The highest BCUT2D eigenvalue weighted by molar-refractivity contribution is 7.19. The maximum atomic E-state index is 11.1. The Bertz CT molecular complexity index is 1380. The van der Waals surface area contributed by atoms with Gasteiger partial charge in [0.05, 0.1) is 10.3 Å². The molecule has 152 valence electrons. The molecule has 0 spiro atoms. The molecule has 0 amide bonds. The lowest BCUT2D eigenvalue weighted by molar-refractivity contribution is -0.384. The number of allylic oxidation sites excluding steroid dienone is 2. The van der Waals surface area contributed by atoms with E-state index >= 15 is 0 Å². The molecule has 8 heteroatoms. The van der Waals surface area contributed by atoms with Crippen molar-refractivity contribution in [1.29, 1.82) is 0 Å². The zero-order valence-corrected chi connectivity index (χ0v) is 17.2. The first-order chi connectivity index (χ1) is 15.2. The van der Waals surface area contributed by atoms with E-state index in [4.69, 9.17) is 9.97 Å². The van der Waals surface area contributed by atoms with Crippen LogP contribution in [-0.2, 0) is 6.54 Å². The molecule has 3 heterocycles. The number of anilines is 1. The van der Waals surface area contributed by atoms with E-state index in [0.29, 0.717) is 18.3 Å². The summed E-state index contributed by atoms with van der Waals surface area (Å²) >= 11 is 1.76. The van der Waals surface area contributed by atoms with E-state index in [-0.39, 0.29) is 10.6 Å². The van der Waals surface area contributed by atoms with Crippen LogP contribution in [0.3, 0.4) is 0 Å². The molecule has 1 atom stereocenters. The standard InChI is InChI=1S/C23H17N5O2S/c29-28(30)15-4-1-3-13(11-15)12-25-22-19-18-16-5-2-6-17(16)20(18)31-23(19)27-21(26-22)14-7-9-24-10-8-14/h1,3-5,7-11,17H,2,6,12H2,(H,25,26,27). The fraction of sp³-hybridized carbons (Fsp3) is 0.174. The molecule has 6 rings (SSSR count). The highest BCUT2D eigenvalue weighted by Gasteiger charge is 2.39. The summed E-state index contributed by atoms with van der Waals surface area (Å²) < 4.78 is 0. The molecule has 31 heavy (non-hydrogen) atoms. The Morgan fingerprint density at radius 3 is 2.90 bits per heavy atom. The Balaban J connectivity index is 1.45. The van der Waals surface area contributed by atoms with Gasteiger partial charge in [0.25, 0.3) is 5.69 Å². The van der Waals surface area contributed by atoms with Gasteiger partial charge in [0.1, 0.15) is 10.6 Å². The van der Waals surface area contributed by atoms with Gasteiger partial charge in [-0.3, -0.25) is 15.1 Å². The van der Waals surface area contributed by atoms with Crippen molar-refractivity contribution in [2.45, 2.75) is 25.3 Å². The molecule has 1 N–H and O–H groups in total. The zero-order chi connectivity index (χ0) is 20.9. The first-order valence-electron chi connectivity index (χ1n) is 10.1. The van der Waals surface area contributed by atoms with E-state index in [1.807, 2.05) is 18.2 Å². The quantitative estimate of drug-likeness (QED) is 0.332. The highest BCUT2D eigenvalue weighted by Crippen LogP contribution is 2.59. The minimum Gasteiger partial charge on any atom is -0.365 e. The minimum atomic E-state index is -0.373. The van der Waals surface area contributed by atoms with Crippen LogP contribution in [0.15, 0.2) is 54.9 Å². The molecule has 0 saturated heterocycles. The van der Waals surface area contributed by atoms with Gasteiger partial charge in [-0.2, -0.15) is 0 Å². The van der Waals surface area contributed by atoms with E-state index in [2.05, 4.69) is 16.4 Å². The number of pyridine rings is 1. The Morgan fingerprint density at radius 2 is 2.06 bits per heavy atom. The summed E-state index contributed by atoms with van der Waals surface area (Å²) in [7, 11) is 0. The number of hydrogen-bond acceptors (Lipinski definition) is 7. The van der Waals surface area contributed by atoms with Gasteiger partial charge in [-0.25, -0.2) is 9.97 Å². The predicted octanol–water partition coefficient (Wildman–Crippen LogP) is 5.55. The van der Waals surface area contributed by atoms with Crippen molar-refractivity contribution < 1.29 is 4.92 Å². The van der Waals surface area contributed by atoms with Crippen LogP contribution in [0.2, 0.25) is 0 Å². The Hall–Kier alpha value is -3.65. The number of non-ortho nitro benzene ring substituents is 1. The average Bonchev–Trinajstić information content (AvgIpc) is 3.35. The van der Waals surface area contributed by atoms with Crippen LogP contribution in [0.25, 0.3) is 27.2 Å². The van der Waals surface area contributed by atoms with Crippen molar-refractivity contribution in [2.24, 2.45) is 0 Å². The largest absolute Gasteiger partial charge is 0.365 e. The summed E-state index contributed by atoms with van der Waals surface area (Å²) in [6.45, 7) is 0.441. The lowest BCUT2D eigenvalue weighted by Crippen LogP contribution is -2.10. The molecule has 0 aliphatic heterocycles. The average molecular weight is 427 g/mol. The Kier molecular flexibility index (Phi) is 4.07. The van der Waals surface area contributed by atoms with Gasteiger partial charge in [-0.15, -0.1) is 11.3 Å². The van der Waals surface area contributed by atoms with Gasteiger partial charge < -0.3 is 5.32 Å². The maximum absolute atomic E-state index is 11.1. The fourth-order valence-corrected chi connectivity index (χ4v) is 5.80. The van der Waals surface area contributed by atoms with Crippen LogP contribution < -0.4 is 5.32 Å². The second kappa shape index (κ2) is 6.95. The van der Waals surface area contributed by atoms with Crippen molar-refractivity contribution in [1.82, 2.24) is 15.0 Å². The van der Waals surface area contributed by atoms with Crippen LogP contribution >= 0.6 is 11.3 Å². The number of rotatable bonds is 5. The van der Waals surface area contributed by atoms with E-state index in [0.717, 1.165) is 33.6 Å². The van der Waals surface area contributed by atoms with Crippen LogP contribution in [0, 0.1) is 10.1 Å². The fourth-order valence-electron chi connectivity index (χ4n) is 4.45. The minimum absolute atomic E-state index is 0.0863. The van der Waals surface area contributed by atoms with Crippen LogP contribution in [0.5, 0.6) is 0 Å². The predicted molar refractivity (Wildman–Crippen MR) is 121 cm³/mol. The number of aromatic nitrogens is 3. The number of nitrogens with one attached hydrogen (secondary N) is 1. The number of nitro groups is 1. The Labute approximate surface area is 181 Å². The summed E-state index contributed by atoms with van der Waals surface area (Å²) in [6, 6.07) is 10.5. The molecule has 7 nitrogen and oxygen atoms in total. The number of hydrogen-bond donors (Lipinski definition) is 1. The number of fused-ring (bicyclic) bond motifs is 6. The summed E-state index contributed by atoms with van der Waals surface area (Å²) in [6.07, 6.45) is 8.10. The second-order valence-electron chi connectivity index (χ2n) is 7.72. The summed E-state index contributed by atoms with van der Waals surface area (Å²) in [4.78, 5) is 26.9. The third-order valence-electron chi connectivity index (χ3n) is 5.90. The van der Waals surface area contributed by atoms with Gasteiger partial charge in [0, 0.05) is 53.0 Å². The van der Waals surface area contributed by atoms with Crippen molar-refractivity contribution >= 4 is 38.6 Å². The van der Waals surface area contributed by atoms with E-state index < -0.39 is 0 Å².